The Morgan fingerprint density at radius 2 is 2.07 bits per heavy atom. The quantitative estimate of drug-likeness (QED) is 0.689. The second-order valence-corrected chi connectivity index (χ2v) is 7.10. The molecule has 1 aromatic carbocycles. The zero-order valence-electron chi connectivity index (χ0n) is 14.2. The van der Waals surface area contributed by atoms with E-state index in [4.69, 9.17) is 4.52 Å². The van der Waals surface area contributed by atoms with Gasteiger partial charge in [0.25, 0.3) is 0 Å². The number of carbonyl (C=O) groups is 1. The molecule has 4 rings (SSSR count). The second-order valence-electron chi connectivity index (χ2n) is 6.13. The molecule has 1 amide bonds. The molecule has 1 N–H and O–H groups in total. The van der Waals surface area contributed by atoms with E-state index in [0.717, 1.165) is 24.1 Å². The Hall–Kier alpha value is -2.91. The summed E-state index contributed by atoms with van der Waals surface area (Å²) < 4.78 is 25.7. The maximum Gasteiger partial charge on any atom is 0.247 e. The number of aryl methyl sites for hydroxylation is 1. The summed E-state index contributed by atoms with van der Waals surface area (Å²) in [5, 5.41) is 3.91. The van der Waals surface area contributed by atoms with E-state index in [1.165, 1.54) is 18.5 Å². The highest BCUT2D eigenvalue weighted by molar-refractivity contribution is 7.79. The van der Waals surface area contributed by atoms with Crippen LogP contribution in [0.5, 0.6) is 0 Å². The lowest BCUT2D eigenvalue weighted by atomic mass is 10.1. The summed E-state index contributed by atoms with van der Waals surface area (Å²) >= 11 is -2.14. The van der Waals surface area contributed by atoms with E-state index in [1.54, 1.807) is 4.90 Å². The third kappa shape index (κ3) is 3.64. The SMILES string of the molecule is O=C1CCCc2ccccc2N1Cc1nc(-c2cncc(S(=O)O)c2)no1. The summed E-state index contributed by atoms with van der Waals surface area (Å²) in [6.45, 7) is 0.169. The van der Waals surface area contributed by atoms with Gasteiger partial charge in [0.2, 0.25) is 17.6 Å². The van der Waals surface area contributed by atoms with Gasteiger partial charge in [-0.2, -0.15) is 4.98 Å². The predicted octanol–water partition coefficient (Wildman–Crippen LogP) is 2.58. The number of fused-ring (bicyclic) bond motifs is 1. The zero-order valence-corrected chi connectivity index (χ0v) is 15.1. The topological polar surface area (TPSA) is 109 Å². The van der Waals surface area contributed by atoms with Gasteiger partial charge in [0.15, 0.2) is 11.1 Å². The van der Waals surface area contributed by atoms with Gasteiger partial charge in [0, 0.05) is 30.1 Å². The Morgan fingerprint density at radius 3 is 2.93 bits per heavy atom. The third-order valence-electron chi connectivity index (χ3n) is 4.35. The molecule has 1 aliphatic heterocycles. The fourth-order valence-corrected chi connectivity index (χ4v) is 3.45. The van der Waals surface area contributed by atoms with Gasteiger partial charge in [-0.1, -0.05) is 23.4 Å². The maximum atomic E-state index is 12.5. The number of amides is 1. The molecule has 1 aliphatic rings. The van der Waals surface area contributed by atoms with Crippen molar-refractivity contribution in [3.63, 3.8) is 0 Å². The standard InChI is InChI=1S/C18H16N4O4S/c23-17-7-3-5-12-4-1-2-6-15(12)22(17)11-16-20-18(21-26-16)13-8-14(27(24)25)10-19-9-13/h1-2,4,6,8-10H,3,5,7,11H2,(H,24,25). The molecule has 1 unspecified atom stereocenters. The Balaban J connectivity index is 1.62. The third-order valence-corrected chi connectivity index (χ3v) is 4.98. The van der Waals surface area contributed by atoms with Crippen LogP contribution in [0.2, 0.25) is 0 Å². The molecule has 27 heavy (non-hydrogen) atoms. The molecule has 0 saturated heterocycles. The molecule has 0 aliphatic carbocycles. The van der Waals surface area contributed by atoms with E-state index >= 15 is 0 Å². The van der Waals surface area contributed by atoms with Crippen molar-refractivity contribution in [2.75, 3.05) is 4.90 Å². The number of benzene rings is 1. The number of hydrogen-bond donors (Lipinski definition) is 1. The van der Waals surface area contributed by atoms with Gasteiger partial charge in [0.1, 0.15) is 6.54 Å². The first-order valence-corrected chi connectivity index (χ1v) is 9.49. The fourth-order valence-electron chi connectivity index (χ4n) is 3.07. The van der Waals surface area contributed by atoms with E-state index in [1.807, 2.05) is 24.3 Å². The van der Waals surface area contributed by atoms with Crippen LogP contribution in [0.3, 0.4) is 0 Å². The Kier molecular flexibility index (Phi) is 4.78. The summed E-state index contributed by atoms with van der Waals surface area (Å²) in [4.78, 5) is 22.6. The van der Waals surface area contributed by atoms with Crippen LogP contribution in [-0.4, -0.2) is 29.8 Å². The lowest BCUT2D eigenvalue weighted by Crippen LogP contribution is -2.29. The monoisotopic (exact) mass is 384 g/mol. The summed E-state index contributed by atoms with van der Waals surface area (Å²) in [7, 11) is 0. The van der Waals surface area contributed by atoms with Gasteiger partial charge in [-0.3, -0.25) is 9.78 Å². The van der Waals surface area contributed by atoms with Crippen molar-refractivity contribution in [2.45, 2.75) is 30.7 Å². The van der Waals surface area contributed by atoms with E-state index in [0.29, 0.717) is 12.0 Å². The van der Waals surface area contributed by atoms with E-state index < -0.39 is 11.1 Å². The van der Waals surface area contributed by atoms with E-state index in [-0.39, 0.29) is 29.1 Å². The zero-order chi connectivity index (χ0) is 18.8. The minimum absolute atomic E-state index is 0.0130. The minimum atomic E-state index is -2.14. The van der Waals surface area contributed by atoms with Crippen molar-refractivity contribution in [2.24, 2.45) is 0 Å². The highest BCUT2D eigenvalue weighted by Gasteiger charge is 2.24. The average molecular weight is 384 g/mol. The number of rotatable bonds is 4. The number of pyridine rings is 1. The fraction of sp³-hybridized carbons (Fsp3) is 0.222. The number of anilines is 1. The Bertz CT molecular complexity index is 1020. The average Bonchev–Trinajstić information content (AvgIpc) is 3.09. The molecule has 0 fully saturated rings. The molecule has 0 radical (unpaired) electrons. The maximum absolute atomic E-state index is 12.5. The summed E-state index contributed by atoms with van der Waals surface area (Å²) in [5.74, 6) is 0.546. The summed E-state index contributed by atoms with van der Waals surface area (Å²) in [6, 6.07) is 9.27. The summed E-state index contributed by atoms with van der Waals surface area (Å²) in [6.07, 6.45) is 4.90. The largest absolute Gasteiger partial charge is 0.337 e. The van der Waals surface area contributed by atoms with Crippen LogP contribution in [-0.2, 0) is 28.8 Å². The van der Waals surface area contributed by atoms with Gasteiger partial charge in [-0.05, 0) is 30.5 Å². The molecule has 0 saturated carbocycles. The lowest BCUT2D eigenvalue weighted by molar-refractivity contribution is -0.118. The van der Waals surface area contributed by atoms with Crippen molar-refractivity contribution < 1.29 is 18.1 Å². The first-order chi connectivity index (χ1) is 13.1. The number of nitrogens with zero attached hydrogens (tertiary/aromatic N) is 4. The molecular weight excluding hydrogens is 368 g/mol. The molecule has 138 valence electrons. The van der Waals surface area contributed by atoms with Crippen LogP contribution in [0, 0.1) is 0 Å². The molecule has 8 nitrogen and oxygen atoms in total. The highest BCUT2D eigenvalue weighted by atomic mass is 32.2. The van der Waals surface area contributed by atoms with Gasteiger partial charge in [0.05, 0.1) is 4.90 Å². The van der Waals surface area contributed by atoms with Crippen LogP contribution in [0.4, 0.5) is 5.69 Å². The molecule has 0 bridgehead atoms. The minimum Gasteiger partial charge on any atom is -0.337 e. The van der Waals surface area contributed by atoms with Crippen molar-refractivity contribution in [1.29, 1.82) is 0 Å². The highest BCUT2D eigenvalue weighted by Crippen LogP contribution is 2.28. The van der Waals surface area contributed by atoms with Gasteiger partial charge in [-0.25, -0.2) is 4.21 Å². The van der Waals surface area contributed by atoms with Crippen molar-refractivity contribution in [3.05, 3.63) is 54.2 Å². The molecule has 9 heteroatoms. The van der Waals surface area contributed by atoms with Crippen molar-refractivity contribution in [1.82, 2.24) is 15.1 Å². The lowest BCUT2D eigenvalue weighted by Gasteiger charge is -2.21. The molecular formula is C18H16N4O4S. The van der Waals surface area contributed by atoms with E-state index in [9.17, 15) is 13.6 Å². The van der Waals surface area contributed by atoms with Crippen LogP contribution >= 0.6 is 0 Å². The number of hydrogen-bond acceptors (Lipinski definition) is 6. The van der Waals surface area contributed by atoms with Crippen LogP contribution in [0.25, 0.3) is 11.4 Å². The molecule has 0 spiro atoms. The Morgan fingerprint density at radius 1 is 1.22 bits per heavy atom. The van der Waals surface area contributed by atoms with Crippen LogP contribution in [0.15, 0.2) is 52.1 Å². The van der Waals surface area contributed by atoms with E-state index in [2.05, 4.69) is 15.1 Å². The van der Waals surface area contributed by atoms with Crippen molar-refractivity contribution >= 4 is 22.7 Å². The smallest absolute Gasteiger partial charge is 0.247 e. The van der Waals surface area contributed by atoms with Crippen LogP contribution < -0.4 is 4.90 Å². The normalized spacial score (nSPS) is 15.3. The summed E-state index contributed by atoms with van der Waals surface area (Å²) in [5.41, 5.74) is 2.44. The number of carbonyl (C=O) groups excluding carboxylic acids is 1. The first kappa shape index (κ1) is 17.5. The molecule has 2 aromatic heterocycles. The first-order valence-electron chi connectivity index (χ1n) is 8.39. The number of para-hydroxylation sites is 1. The molecule has 3 heterocycles. The van der Waals surface area contributed by atoms with Gasteiger partial charge in [-0.15, -0.1) is 0 Å². The van der Waals surface area contributed by atoms with Crippen molar-refractivity contribution in [3.8, 4) is 11.4 Å². The number of aromatic nitrogens is 3. The second kappa shape index (κ2) is 7.37. The predicted molar refractivity (Wildman–Crippen MR) is 97.1 cm³/mol. The molecule has 1 atom stereocenters. The van der Waals surface area contributed by atoms with Gasteiger partial charge >= 0.3 is 0 Å². The van der Waals surface area contributed by atoms with Crippen LogP contribution in [0.1, 0.15) is 24.3 Å². The van der Waals surface area contributed by atoms with Gasteiger partial charge < -0.3 is 14.0 Å². The molecule has 3 aromatic rings. The Labute approximate surface area is 157 Å².